The smallest absolute Gasteiger partial charge is 0.0951 e. The maximum atomic E-state index is 10.5. The molecule has 1 aromatic rings. The van der Waals surface area contributed by atoms with E-state index in [1.807, 2.05) is 6.07 Å². The van der Waals surface area contributed by atoms with Crippen LogP contribution in [-0.2, 0) is 6.42 Å². The van der Waals surface area contributed by atoms with E-state index in [4.69, 9.17) is 0 Å². The van der Waals surface area contributed by atoms with Gasteiger partial charge in [0.2, 0.25) is 0 Å². The van der Waals surface area contributed by atoms with E-state index in [9.17, 15) is 5.11 Å². The lowest BCUT2D eigenvalue weighted by Crippen LogP contribution is -2.41. The topological polar surface area (TPSA) is 23.5 Å². The minimum atomic E-state index is -0.293. The fraction of sp³-hybridized carbons (Fsp3) is 0.600. The molecule has 4 atom stereocenters. The molecule has 17 heavy (non-hydrogen) atoms. The largest absolute Gasteiger partial charge is 0.387 e. The normalized spacial score (nSPS) is 37.4. The molecule has 1 aromatic carbocycles. The number of fused-ring (bicyclic) bond motifs is 1. The van der Waals surface area contributed by atoms with Gasteiger partial charge >= 0.3 is 0 Å². The van der Waals surface area contributed by atoms with E-state index in [-0.39, 0.29) is 6.10 Å². The van der Waals surface area contributed by atoms with Gasteiger partial charge in [-0.25, -0.2) is 0 Å². The Hall–Kier alpha value is -0.860. The zero-order valence-electron chi connectivity index (χ0n) is 10.6. The highest BCUT2D eigenvalue weighted by atomic mass is 16.3. The third kappa shape index (κ3) is 1.71. The van der Waals surface area contributed by atoms with Crippen molar-refractivity contribution >= 4 is 0 Å². The van der Waals surface area contributed by atoms with Gasteiger partial charge in [0.05, 0.1) is 6.10 Å². The van der Waals surface area contributed by atoms with Crippen molar-refractivity contribution in [3.8, 4) is 0 Å². The van der Waals surface area contributed by atoms with Gasteiger partial charge in [-0.05, 0) is 43.4 Å². The van der Waals surface area contributed by atoms with Crippen molar-refractivity contribution in [3.05, 3.63) is 35.4 Å². The maximum Gasteiger partial charge on any atom is 0.0951 e. The van der Waals surface area contributed by atoms with Gasteiger partial charge in [-0.2, -0.15) is 0 Å². The average molecular weight is 231 g/mol. The maximum absolute atomic E-state index is 10.5. The van der Waals surface area contributed by atoms with E-state index in [2.05, 4.69) is 36.9 Å². The predicted molar refractivity (Wildman–Crippen MR) is 68.8 cm³/mol. The molecule has 0 bridgehead atoms. The summed E-state index contributed by atoms with van der Waals surface area (Å²) >= 11 is 0. The van der Waals surface area contributed by atoms with Crippen molar-refractivity contribution in [1.82, 2.24) is 4.90 Å². The van der Waals surface area contributed by atoms with Gasteiger partial charge in [-0.1, -0.05) is 31.2 Å². The van der Waals surface area contributed by atoms with Gasteiger partial charge < -0.3 is 5.11 Å². The van der Waals surface area contributed by atoms with Crippen LogP contribution >= 0.6 is 0 Å². The first-order chi connectivity index (χ1) is 8.18. The van der Waals surface area contributed by atoms with Crippen LogP contribution in [0.1, 0.15) is 37.5 Å². The molecule has 1 N–H and O–H groups in total. The van der Waals surface area contributed by atoms with Gasteiger partial charge in [0.1, 0.15) is 0 Å². The molecule has 0 saturated carbocycles. The highest BCUT2D eigenvalue weighted by Crippen LogP contribution is 2.38. The standard InChI is InChI=1S/C15H21NO/c1-10-7-8-16(11(10)2)14-9-12-5-3-4-6-13(12)15(14)17/h3-6,10-11,14-15,17H,7-9H2,1-2H3. The molecule has 1 aliphatic carbocycles. The summed E-state index contributed by atoms with van der Waals surface area (Å²) in [6.07, 6.45) is 1.98. The SMILES string of the molecule is CC1CCN(C2Cc3ccccc3C2O)C1C. The molecule has 0 amide bonds. The second kappa shape index (κ2) is 4.11. The van der Waals surface area contributed by atoms with E-state index in [1.54, 1.807) is 0 Å². The molecule has 2 nitrogen and oxygen atoms in total. The molecular weight excluding hydrogens is 210 g/mol. The van der Waals surface area contributed by atoms with Crippen LogP contribution in [0.5, 0.6) is 0 Å². The number of hydrogen-bond donors (Lipinski definition) is 1. The first-order valence-corrected chi connectivity index (χ1v) is 6.70. The van der Waals surface area contributed by atoms with Gasteiger partial charge in [-0.3, -0.25) is 4.90 Å². The zero-order valence-corrected chi connectivity index (χ0v) is 10.6. The Bertz CT molecular complexity index is 417. The van der Waals surface area contributed by atoms with Crippen molar-refractivity contribution in [3.63, 3.8) is 0 Å². The molecule has 0 spiro atoms. The molecule has 1 heterocycles. The van der Waals surface area contributed by atoms with Crippen LogP contribution in [0.4, 0.5) is 0 Å². The number of nitrogens with zero attached hydrogens (tertiary/aromatic N) is 1. The fourth-order valence-corrected chi connectivity index (χ4v) is 3.44. The molecule has 92 valence electrons. The zero-order chi connectivity index (χ0) is 12.0. The number of rotatable bonds is 1. The Labute approximate surface area is 103 Å². The van der Waals surface area contributed by atoms with Crippen molar-refractivity contribution in [2.75, 3.05) is 6.54 Å². The molecule has 4 unspecified atom stereocenters. The van der Waals surface area contributed by atoms with Crippen molar-refractivity contribution in [2.24, 2.45) is 5.92 Å². The van der Waals surface area contributed by atoms with Crippen LogP contribution < -0.4 is 0 Å². The summed E-state index contributed by atoms with van der Waals surface area (Å²) in [7, 11) is 0. The highest BCUT2D eigenvalue weighted by Gasteiger charge is 2.40. The minimum absolute atomic E-state index is 0.293. The van der Waals surface area contributed by atoms with Crippen LogP contribution in [0, 0.1) is 5.92 Å². The molecule has 2 aliphatic rings. The highest BCUT2D eigenvalue weighted by molar-refractivity contribution is 5.36. The summed E-state index contributed by atoms with van der Waals surface area (Å²) in [5, 5.41) is 10.5. The third-order valence-electron chi connectivity index (χ3n) is 4.78. The summed E-state index contributed by atoms with van der Waals surface area (Å²) in [5.41, 5.74) is 2.47. The Balaban J connectivity index is 1.84. The second-order valence-corrected chi connectivity index (χ2v) is 5.66. The third-order valence-corrected chi connectivity index (χ3v) is 4.78. The Morgan fingerprint density at radius 1 is 1.24 bits per heavy atom. The van der Waals surface area contributed by atoms with Crippen LogP contribution in [-0.4, -0.2) is 28.6 Å². The van der Waals surface area contributed by atoms with Crippen LogP contribution in [0.15, 0.2) is 24.3 Å². The lowest BCUT2D eigenvalue weighted by Gasteiger charge is -2.31. The monoisotopic (exact) mass is 231 g/mol. The lowest BCUT2D eigenvalue weighted by molar-refractivity contribution is 0.0526. The minimum Gasteiger partial charge on any atom is -0.387 e. The number of aliphatic hydroxyl groups is 1. The number of hydrogen-bond acceptors (Lipinski definition) is 2. The summed E-state index contributed by atoms with van der Waals surface area (Å²) in [4.78, 5) is 2.51. The Morgan fingerprint density at radius 3 is 2.65 bits per heavy atom. The van der Waals surface area contributed by atoms with E-state index in [0.717, 1.165) is 24.4 Å². The molecule has 1 fully saturated rings. The van der Waals surface area contributed by atoms with E-state index >= 15 is 0 Å². The average Bonchev–Trinajstić information content (AvgIpc) is 2.83. The van der Waals surface area contributed by atoms with Crippen molar-refractivity contribution in [2.45, 2.75) is 44.9 Å². The fourth-order valence-electron chi connectivity index (χ4n) is 3.44. The van der Waals surface area contributed by atoms with Gasteiger partial charge in [0.15, 0.2) is 0 Å². The van der Waals surface area contributed by atoms with E-state index in [0.29, 0.717) is 12.1 Å². The second-order valence-electron chi connectivity index (χ2n) is 5.66. The van der Waals surface area contributed by atoms with Gasteiger partial charge in [0.25, 0.3) is 0 Å². The Kier molecular flexibility index (Phi) is 2.72. The van der Waals surface area contributed by atoms with Gasteiger partial charge in [-0.15, -0.1) is 0 Å². The van der Waals surface area contributed by atoms with Gasteiger partial charge in [0, 0.05) is 12.1 Å². The summed E-state index contributed by atoms with van der Waals surface area (Å²) in [6.45, 7) is 5.75. The molecule has 0 radical (unpaired) electrons. The predicted octanol–water partition coefficient (Wildman–Crippen LogP) is 2.38. The molecule has 1 saturated heterocycles. The molecule has 1 aliphatic heterocycles. The number of likely N-dealkylation sites (tertiary alicyclic amines) is 1. The molecule has 3 rings (SSSR count). The Morgan fingerprint density at radius 2 is 2.00 bits per heavy atom. The first-order valence-electron chi connectivity index (χ1n) is 6.70. The van der Waals surface area contributed by atoms with Crippen LogP contribution in [0.2, 0.25) is 0 Å². The van der Waals surface area contributed by atoms with Crippen LogP contribution in [0.3, 0.4) is 0 Å². The first kappa shape index (κ1) is 11.2. The molecule has 2 heteroatoms. The molecular formula is C15H21NO. The summed E-state index contributed by atoms with van der Waals surface area (Å²) in [6, 6.07) is 9.23. The van der Waals surface area contributed by atoms with E-state index < -0.39 is 0 Å². The van der Waals surface area contributed by atoms with Crippen molar-refractivity contribution < 1.29 is 5.11 Å². The summed E-state index contributed by atoms with van der Waals surface area (Å²) in [5.74, 6) is 0.755. The number of aliphatic hydroxyl groups excluding tert-OH is 1. The van der Waals surface area contributed by atoms with Crippen LogP contribution in [0.25, 0.3) is 0 Å². The lowest BCUT2D eigenvalue weighted by atomic mass is 10.0. The van der Waals surface area contributed by atoms with E-state index in [1.165, 1.54) is 12.0 Å². The quantitative estimate of drug-likeness (QED) is 0.802. The summed E-state index contributed by atoms with van der Waals surface area (Å²) < 4.78 is 0. The number of benzene rings is 1. The molecule has 0 aromatic heterocycles. The van der Waals surface area contributed by atoms with Crippen molar-refractivity contribution in [1.29, 1.82) is 0 Å².